The zero-order valence-corrected chi connectivity index (χ0v) is 15.5. The number of fused-ring (bicyclic) bond motifs is 1. The molecule has 2 heterocycles. The number of hydrogen-bond acceptors (Lipinski definition) is 3. The molecule has 4 rings (SSSR count). The molecule has 1 aliphatic rings. The van der Waals surface area contributed by atoms with Crippen molar-refractivity contribution < 1.29 is 0 Å². The summed E-state index contributed by atoms with van der Waals surface area (Å²) in [5.74, 6) is 0.935. The number of hydrogen-bond donors (Lipinski definition) is 0. The number of rotatable bonds is 4. The summed E-state index contributed by atoms with van der Waals surface area (Å²) in [6.45, 7) is 0.954. The van der Waals surface area contributed by atoms with Crippen molar-refractivity contribution in [2.75, 3.05) is 14.1 Å². The van der Waals surface area contributed by atoms with E-state index in [2.05, 4.69) is 40.8 Å². The Kier molecular flexibility index (Phi) is 4.26. The van der Waals surface area contributed by atoms with Crippen molar-refractivity contribution in [3.8, 4) is 11.5 Å². The van der Waals surface area contributed by atoms with Crippen molar-refractivity contribution in [2.45, 2.75) is 37.8 Å². The monoisotopic (exact) mass is 354 g/mol. The number of aromatic nitrogens is 3. The Morgan fingerprint density at radius 1 is 1.16 bits per heavy atom. The smallest absolute Gasteiger partial charge is 0.158 e. The van der Waals surface area contributed by atoms with Gasteiger partial charge in [-0.15, -0.1) is 0 Å². The van der Waals surface area contributed by atoms with Gasteiger partial charge in [0.2, 0.25) is 0 Å². The van der Waals surface area contributed by atoms with Crippen LogP contribution in [0.1, 0.15) is 25.7 Å². The van der Waals surface area contributed by atoms with Crippen molar-refractivity contribution in [2.24, 2.45) is 0 Å². The summed E-state index contributed by atoms with van der Waals surface area (Å²) in [6, 6.07) is 9.90. The third-order valence-corrected chi connectivity index (χ3v) is 5.78. The van der Waals surface area contributed by atoms with Gasteiger partial charge < -0.3 is 9.47 Å². The zero-order valence-electron chi connectivity index (χ0n) is 14.7. The summed E-state index contributed by atoms with van der Waals surface area (Å²) in [5.41, 5.74) is 2.08. The van der Waals surface area contributed by atoms with E-state index >= 15 is 0 Å². The van der Waals surface area contributed by atoms with Gasteiger partial charge in [0.05, 0.1) is 5.52 Å². The second kappa shape index (κ2) is 6.43. The minimum Gasteiger partial charge on any atom is -0.328 e. The summed E-state index contributed by atoms with van der Waals surface area (Å²) in [4.78, 5) is 11.8. The van der Waals surface area contributed by atoms with Gasteiger partial charge in [0.1, 0.15) is 5.69 Å². The van der Waals surface area contributed by atoms with E-state index < -0.39 is 0 Å². The quantitative estimate of drug-likeness (QED) is 0.685. The van der Waals surface area contributed by atoms with Crippen LogP contribution in [0.3, 0.4) is 0 Å². The summed E-state index contributed by atoms with van der Waals surface area (Å²) >= 11 is 6.07. The fraction of sp³-hybridized carbons (Fsp3) is 0.400. The van der Waals surface area contributed by atoms with Crippen molar-refractivity contribution >= 4 is 22.5 Å². The highest BCUT2D eigenvalue weighted by Crippen LogP contribution is 2.36. The molecule has 1 aliphatic carbocycles. The highest BCUT2D eigenvalue weighted by Gasteiger charge is 2.36. The molecule has 0 atom stereocenters. The van der Waals surface area contributed by atoms with Gasteiger partial charge in [-0.05, 0) is 51.2 Å². The van der Waals surface area contributed by atoms with Gasteiger partial charge in [-0.25, -0.2) is 9.97 Å². The maximum atomic E-state index is 6.07. The number of halogens is 1. The van der Waals surface area contributed by atoms with E-state index in [4.69, 9.17) is 16.6 Å². The van der Waals surface area contributed by atoms with Gasteiger partial charge in [-0.2, -0.15) is 0 Å². The first kappa shape index (κ1) is 16.6. The molecule has 0 unspecified atom stereocenters. The average Bonchev–Trinajstić information content (AvgIpc) is 3.25. The first-order valence-corrected chi connectivity index (χ1v) is 9.20. The molecule has 0 N–H and O–H groups in total. The Morgan fingerprint density at radius 2 is 1.96 bits per heavy atom. The molecule has 4 nitrogen and oxygen atoms in total. The first-order chi connectivity index (χ1) is 12.1. The van der Waals surface area contributed by atoms with Crippen LogP contribution in [0.5, 0.6) is 0 Å². The number of imidazole rings is 1. The van der Waals surface area contributed by atoms with Crippen LogP contribution >= 0.6 is 11.6 Å². The van der Waals surface area contributed by atoms with Gasteiger partial charge in [0.25, 0.3) is 0 Å². The molecule has 3 aromatic rings. The molecule has 0 radical (unpaired) electrons. The molecular formula is C20H23ClN4. The van der Waals surface area contributed by atoms with Gasteiger partial charge in [-0.1, -0.05) is 30.5 Å². The van der Waals surface area contributed by atoms with Crippen molar-refractivity contribution in [1.29, 1.82) is 0 Å². The SMILES string of the molecule is CN(C)C1(Cn2ccnc2-c2ccc3cc(Cl)ccc3n2)CCCC1. The molecule has 1 fully saturated rings. The minimum atomic E-state index is 0.222. The number of pyridine rings is 1. The van der Waals surface area contributed by atoms with Crippen molar-refractivity contribution in [1.82, 2.24) is 19.4 Å². The van der Waals surface area contributed by atoms with Crippen LogP contribution in [0.4, 0.5) is 0 Å². The molecule has 5 heteroatoms. The molecular weight excluding hydrogens is 332 g/mol. The van der Waals surface area contributed by atoms with E-state index in [1.54, 1.807) is 0 Å². The number of likely N-dealkylation sites (N-methyl/N-ethyl adjacent to an activating group) is 1. The Labute approximate surface area is 153 Å². The summed E-state index contributed by atoms with van der Waals surface area (Å²) in [7, 11) is 4.39. The Balaban J connectivity index is 1.71. The lowest BCUT2D eigenvalue weighted by molar-refractivity contribution is 0.134. The van der Waals surface area contributed by atoms with Gasteiger partial charge in [0, 0.05) is 34.9 Å². The van der Waals surface area contributed by atoms with Crippen LogP contribution in [0.2, 0.25) is 5.02 Å². The standard InChI is InChI=1S/C20H23ClN4/c1-24(2)20(9-3-4-10-20)14-25-12-11-22-19(25)18-7-5-15-13-16(21)6-8-17(15)23-18/h5-8,11-13H,3-4,9-10,14H2,1-2H3. The molecule has 130 valence electrons. The number of nitrogens with zero attached hydrogens (tertiary/aromatic N) is 4. The lowest BCUT2D eigenvalue weighted by atomic mass is 9.96. The predicted octanol–water partition coefficient (Wildman–Crippen LogP) is 4.63. The second-order valence-electron chi connectivity index (χ2n) is 7.24. The highest BCUT2D eigenvalue weighted by molar-refractivity contribution is 6.31. The Morgan fingerprint density at radius 3 is 2.72 bits per heavy atom. The van der Waals surface area contributed by atoms with Crippen LogP contribution < -0.4 is 0 Å². The van der Waals surface area contributed by atoms with E-state index in [9.17, 15) is 0 Å². The topological polar surface area (TPSA) is 34.0 Å². The maximum absolute atomic E-state index is 6.07. The van der Waals surface area contributed by atoms with Crippen molar-refractivity contribution in [3.63, 3.8) is 0 Å². The summed E-state index contributed by atoms with van der Waals surface area (Å²) in [5, 5.41) is 1.78. The zero-order chi connectivity index (χ0) is 17.4. The van der Waals surface area contributed by atoms with Gasteiger partial charge in [-0.3, -0.25) is 0 Å². The maximum Gasteiger partial charge on any atom is 0.158 e. The van der Waals surface area contributed by atoms with Crippen molar-refractivity contribution in [3.05, 3.63) is 47.7 Å². The first-order valence-electron chi connectivity index (χ1n) is 8.83. The highest BCUT2D eigenvalue weighted by atomic mass is 35.5. The molecule has 0 bridgehead atoms. The van der Waals surface area contributed by atoms with E-state index in [0.717, 1.165) is 34.0 Å². The second-order valence-corrected chi connectivity index (χ2v) is 7.67. The summed E-state index contributed by atoms with van der Waals surface area (Å²) in [6.07, 6.45) is 9.03. The van der Waals surface area contributed by atoms with Crippen LogP contribution in [-0.4, -0.2) is 39.1 Å². The van der Waals surface area contributed by atoms with E-state index in [1.807, 2.05) is 30.5 Å². The van der Waals surface area contributed by atoms with Crippen LogP contribution in [0, 0.1) is 0 Å². The molecule has 0 aliphatic heterocycles. The molecule has 0 spiro atoms. The fourth-order valence-corrected chi connectivity index (χ4v) is 4.17. The van der Waals surface area contributed by atoms with Crippen LogP contribution in [0.25, 0.3) is 22.4 Å². The predicted molar refractivity (Wildman–Crippen MR) is 103 cm³/mol. The van der Waals surface area contributed by atoms with E-state index in [1.165, 1.54) is 25.7 Å². The summed E-state index contributed by atoms with van der Waals surface area (Å²) < 4.78 is 2.26. The third kappa shape index (κ3) is 3.05. The third-order valence-electron chi connectivity index (χ3n) is 5.54. The van der Waals surface area contributed by atoms with Crippen LogP contribution in [-0.2, 0) is 6.54 Å². The average molecular weight is 355 g/mol. The lowest BCUT2D eigenvalue weighted by Crippen LogP contribution is -2.45. The van der Waals surface area contributed by atoms with Gasteiger partial charge >= 0.3 is 0 Å². The molecule has 0 saturated heterocycles. The normalized spacial score (nSPS) is 16.8. The fourth-order valence-electron chi connectivity index (χ4n) is 3.99. The molecule has 1 saturated carbocycles. The van der Waals surface area contributed by atoms with E-state index in [0.29, 0.717) is 0 Å². The molecule has 1 aromatic carbocycles. The Bertz CT molecular complexity index is 894. The minimum absolute atomic E-state index is 0.222. The van der Waals surface area contributed by atoms with E-state index in [-0.39, 0.29) is 5.54 Å². The molecule has 2 aromatic heterocycles. The van der Waals surface area contributed by atoms with Gasteiger partial charge in [0.15, 0.2) is 5.82 Å². The number of benzene rings is 1. The molecule has 0 amide bonds. The Hall–Kier alpha value is -1.91. The largest absolute Gasteiger partial charge is 0.328 e. The molecule has 25 heavy (non-hydrogen) atoms. The lowest BCUT2D eigenvalue weighted by Gasteiger charge is -2.37. The van der Waals surface area contributed by atoms with Crippen LogP contribution in [0.15, 0.2) is 42.7 Å².